The Labute approximate surface area is 217 Å². The van der Waals surface area contributed by atoms with Crippen molar-refractivity contribution in [1.82, 2.24) is 5.32 Å². The van der Waals surface area contributed by atoms with Crippen molar-refractivity contribution < 1.29 is 28.6 Å². The molecule has 0 unspecified atom stereocenters. The second-order valence-corrected chi connectivity index (χ2v) is 8.41. The first-order chi connectivity index (χ1) is 17.3. The van der Waals surface area contributed by atoms with Crippen LogP contribution >= 0.6 is 23.2 Å². The number of urea groups is 1. The molecule has 1 aliphatic rings. The summed E-state index contributed by atoms with van der Waals surface area (Å²) < 4.78 is 16.4. The van der Waals surface area contributed by atoms with E-state index >= 15 is 0 Å². The van der Waals surface area contributed by atoms with Crippen LogP contribution in [-0.4, -0.2) is 32.1 Å². The molecule has 0 saturated carbocycles. The molecule has 0 spiro atoms. The summed E-state index contributed by atoms with van der Waals surface area (Å²) in [5.41, 5.74) is 1.15. The van der Waals surface area contributed by atoms with Crippen molar-refractivity contribution in [1.29, 1.82) is 0 Å². The minimum Gasteiger partial charge on any atom is -0.495 e. The monoisotopic (exact) mass is 526 g/mol. The Hall–Kier alpha value is -4.01. The lowest BCUT2D eigenvalue weighted by atomic mass is 10.1. The zero-order valence-corrected chi connectivity index (χ0v) is 20.7. The van der Waals surface area contributed by atoms with Gasteiger partial charge in [-0.25, -0.2) is 9.69 Å². The Morgan fingerprint density at radius 3 is 2.28 bits per heavy atom. The number of nitrogens with one attached hydrogen (secondary N) is 1. The number of halogens is 2. The number of ether oxygens (including phenoxy) is 3. The number of hydrogen-bond donors (Lipinski definition) is 1. The summed E-state index contributed by atoms with van der Waals surface area (Å²) >= 11 is 12.1. The second kappa shape index (κ2) is 10.7. The van der Waals surface area contributed by atoms with E-state index in [1.165, 1.54) is 32.4 Å². The van der Waals surface area contributed by atoms with E-state index < -0.39 is 17.8 Å². The number of nitrogens with zero attached hydrogens (tertiary/aromatic N) is 1. The van der Waals surface area contributed by atoms with Crippen LogP contribution in [0, 0.1) is 0 Å². The summed E-state index contributed by atoms with van der Waals surface area (Å²) in [5.74, 6) is -0.886. The van der Waals surface area contributed by atoms with Crippen LogP contribution in [-0.2, 0) is 16.2 Å². The number of carbonyl (C=O) groups is 3. The molecule has 1 aliphatic heterocycles. The summed E-state index contributed by atoms with van der Waals surface area (Å²) in [7, 11) is 2.76. The van der Waals surface area contributed by atoms with E-state index in [1.807, 2.05) is 12.1 Å². The maximum Gasteiger partial charge on any atom is 0.336 e. The number of imide groups is 2. The number of barbiturate groups is 1. The molecule has 1 N–H and O–H groups in total. The topological polar surface area (TPSA) is 94.2 Å². The van der Waals surface area contributed by atoms with Crippen LogP contribution in [0.5, 0.6) is 17.2 Å². The van der Waals surface area contributed by atoms with Crippen LogP contribution in [0.2, 0.25) is 10.0 Å². The van der Waals surface area contributed by atoms with Gasteiger partial charge in [-0.05, 0) is 29.8 Å². The molecule has 0 atom stereocenters. The molecular weight excluding hydrogens is 507 g/mol. The SMILES string of the molecule is COc1cc(N2C(=O)NC(=O)/C(=C\c3ccccc3OCc3ccc(Cl)cc3)C2=O)c(OC)cc1Cl. The molecule has 10 heteroatoms. The predicted octanol–water partition coefficient (Wildman–Crippen LogP) is 5.26. The predicted molar refractivity (Wildman–Crippen MR) is 136 cm³/mol. The Bertz CT molecular complexity index is 1370. The molecule has 184 valence electrons. The van der Waals surface area contributed by atoms with E-state index in [9.17, 15) is 14.4 Å². The molecule has 4 amide bonds. The van der Waals surface area contributed by atoms with Crippen LogP contribution in [0.15, 0.2) is 66.2 Å². The van der Waals surface area contributed by atoms with Gasteiger partial charge < -0.3 is 14.2 Å². The number of amides is 4. The van der Waals surface area contributed by atoms with E-state index in [0.29, 0.717) is 16.3 Å². The lowest BCUT2D eigenvalue weighted by Crippen LogP contribution is -2.54. The third kappa shape index (κ3) is 5.15. The van der Waals surface area contributed by atoms with Gasteiger partial charge in [-0.3, -0.25) is 14.9 Å². The largest absolute Gasteiger partial charge is 0.495 e. The van der Waals surface area contributed by atoms with Gasteiger partial charge >= 0.3 is 6.03 Å². The molecule has 3 aromatic rings. The summed E-state index contributed by atoms with van der Waals surface area (Å²) in [4.78, 5) is 39.6. The van der Waals surface area contributed by atoms with Gasteiger partial charge in [-0.15, -0.1) is 0 Å². The average Bonchev–Trinajstić information content (AvgIpc) is 2.87. The summed E-state index contributed by atoms with van der Waals surface area (Å²) in [5, 5.41) is 3.03. The van der Waals surface area contributed by atoms with E-state index in [4.69, 9.17) is 37.4 Å². The maximum absolute atomic E-state index is 13.4. The Kier molecular flexibility index (Phi) is 7.47. The van der Waals surface area contributed by atoms with Gasteiger partial charge in [0.1, 0.15) is 29.4 Å². The average molecular weight is 527 g/mol. The molecule has 8 nitrogen and oxygen atoms in total. The Morgan fingerprint density at radius 2 is 1.58 bits per heavy atom. The van der Waals surface area contributed by atoms with Gasteiger partial charge in [0.2, 0.25) is 0 Å². The number of anilines is 1. The van der Waals surface area contributed by atoms with E-state index in [-0.39, 0.29) is 34.4 Å². The van der Waals surface area contributed by atoms with Crippen LogP contribution in [0.3, 0.4) is 0 Å². The summed E-state index contributed by atoms with van der Waals surface area (Å²) in [6, 6.07) is 15.9. The molecule has 1 heterocycles. The zero-order valence-electron chi connectivity index (χ0n) is 19.2. The first kappa shape index (κ1) is 25.1. The number of hydrogen-bond acceptors (Lipinski definition) is 6. The van der Waals surface area contributed by atoms with Crippen LogP contribution in [0.1, 0.15) is 11.1 Å². The van der Waals surface area contributed by atoms with Crippen molar-refractivity contribution in [3.63, 3.8) is 0 Å². The highest BCUT2D eigenvalue weighted by atomic mass is 35.5. The minimum atomic E-state index is -0.933. The molecule has 0 bridgehead atoms. The molecule has 0 aliphatic carbocycles. The van der Waals surface area contributed by atoms with Crippen molar-refractivity contribution >= 4 is 52.8 Å². The molecule has 0 radical (unpaired) electrons. The zero-order chi connectivity index (χ0) is 25.8. The number of carbonyl (C=O) groups excluding carboxylic acids is 3. The smallest absolute Gasteiger partial charge is 0.336 e. The Morgan fingerprint density at radius 1 is 0.889 bits per heavy atom. The molecule has 4 rings (SSSR count). The lowest BCUT2D eigenvalue weighted by molar-refractivity contribution is -0.122. The lowest BCUT2D eigenvalue weighted by Gasteiger charge is -2.28. The van der Waals surface area contributed by atoms with Crippen LogP contribution in [0.4, 0.5) is 10.5 Å². The van der Waals surface area contributed by atoms with Gasteiger partial charge in [0.05, 0.1) is 24.9 Å². The van der Waals surface area contributed by atoms with Gasteiger partial charge in [0.15, 0.2) is 0 Å². The molecule has 3 aromatic carbocycles. The van der Waals surface area contributed by atoms with Crippen molar-refractivity contribution in [2.24, 2.45) is 0 Å². The van der Waals surface area contributed by atoms with Gasteiger partial charge in [0, 0.05) is 22.7 Å². The second-order valence-electron chi connectivity index (χ2n) is 7.57. The maximum atomic E-state index is 13.4. The first-order valence-corrected chi connectivity index (χ1v) is 11.4. The highest BCUT2D eigenvalue weighted by molar-refractivity contribution is 6.39. The fraction of sp³-hybridized carbons (Fsp3) is 0.115. The van der Waals surface area contributed by atoms with E-state index in [0.717, 1.165) is 10.5 Å². The van der Waals surface area contributed by atoms with E-state index in [1.54, 1.807) is 36.4 Å². The normalized spacial score (nSPS) is 14.6. The summed E-state index contributed by atoms with van der Waals surface area (Å²) in [6.45, 7) is 0.240. The number of rotatable bonds is 7. The number of methoxy groups -OCH3 is 2. The van der Waals surface area contributed by atoms with Crippen molar-refractivity contribution in [3.05, 3.63) is 87.4 Å². The number of para-hydroxylation sites is 1. The number of benzene rings is 3. The van der Waals surface area contributed by atoms with Crippen LogP contribution < -0.4 is 24.4 Å². The molecule has 36 heavy (non-hydrogen) atoms. The quantitative estimate of drug-likeness (QED) is 0.333. The molecule has 0 aromatic heterocycles. The summed E-state index contributed by atoms with van der Waals surface area (Å²) in [6.07, 6.45) is 1.37. The standard InChI is InChI=1S/C26H20Cl2N2O6/c1-34-22-13-20(23(35-2)12-19(22)28)30-25(32)18(24(31)29-26(30)33)11-16-5-3-4-6-21(16)36-14-15-7-9-17(27)10-8-15/h3-13H,14H2,1-2H3,(H,29,31,33)/b18-11+. The third-order valence-electron chi connectivity index (χ3n) is 5.32. The third-order valence-corrected chi connectivity index (χ3v) is 5.87. The van der Waals surface area contributed by atoms with Crippen molar-refractivity contribution in [3.8, 4) is 17.2 Å². The fourth-order valence-electron chi connectivity index (χ4n) is 3.52. The van der Waals surface area contributed by atoms with Gasteiger partial charge in [-0.2, -0.15) is 0 Å². The van der Waals surface area contributed by atoms with Gasteiger partial charge in [-0.1, -0.05) is 53.5 Å². The molecular formula is C26H20Cl2N2O6. The highest BCUT2D eigenvalue weighted by Gasteiger charge is 2.38. The fourth-order valence-corrected chi connectivity index (χ4v) is 3.88. The minimum absolute atomic E-state index is 0.0620. The molecule has 1 fully saturated rings. The first-order valence-electron chi connectivity index (χ1n) is 10.6. The van der Waals surface area contributed by atoms with E-state index in [2.05, 4.69) is 5.32 Å². The van der Waals surface area contributed by atoms with Gasteiger partial charge in [0.25, 0.3) is 11.8 Å². The molecule has 1 saturated heterocycles. The van der Waals surface area contributed by atoms with Crippen molar-refractivity contribution in [2.45, 2.75) is 6.61 Å². The highest BCUT2D eigenvalue weighted by Crippen LogP contribution is 2.39. The van der Waals surface area contributed by atoms with Crippen LogP contribution in [0.25, 0.3) is 6.08 Å². The van der Waals surface area contributed by atoms with Crippen molar-refractivity contribution in [2.75, 3.05) is 19.1 Å². The Balaban J connectivity index is 1.69.